The minimum absolute atomic E-state index is 0.103. The maximum Gasteiger partial charge on any atom is 0.127 e. The molecule has 2 heterocycles. The molecule has 1 N–H and O–H groups in total. The summed E-state index contributed by atoms with van der Waals surface area (Å²) in [7, 11) is 2.04. The molecular weight excluding hydrogens is 265 g/mol. The summed E-state index contributed by atoms with van der Waals surface area (Å²) in [5.74, 6) is 0.0992. The van der Waals surface area contributed by atoms with E-state index in [-0.39, 0.29) is 11.7 Å². The molecule has 1 aromatic heterocycles. The van der Waals surface area contributed by atoms with Crippen molar-refractivity contribution in [3.8, 4) is 0 Å². The lowest BCUT2D eigenvalue weighted by molar-refractivity contribution is 0.288. The molecule has 4 rings (SSSR count). The van der Waals surface area contributed by atoms with Gasteiger partial charge in [-0.2, -0.15) is 5.10 Å². The van der Waals surface area contributed by atoms with Crippen molar-refractivity contribution in [3.05, 3.63) is 65.1 Å². The topological polar surface area (TPSA) is 31.9 Å². The quantitative estimate of drug-likeness (QED) is 0.742. The van der Waals surface area contributed by atoms with Gasteiger partial charge in [0.05, 0.1) is 11.7 Å². The van der Waals surface area contributed by atoms with E-state index in [0.29, 0.717) is 6.54 Å². The Hall–Kier alpha value is -2.20. The second kappa shape index (κ2) is 4.67. The molecule has 0 spiro atoms. The molecular formula is C17H16FN3. The fraction of sp³-hybridized carbons (Fsp3) is 0.235. The Kier molecular flexibility index (Phi) is 2.79. The minimum atomic E-state index is -0.103. The number of H-pyrrole nitrogens is 1. The van der Waals surface area contributed by atoms with Crippen LogP contribution in [0, 0.1) is 5.82 Å². The molecule has 2 aromatic carbocycles. The van der Waals surface area contributed by atoms with E-state index in [1.807, 2.05) is 25.4 Å². The van der Waals surface area contributed by atoms with E-state index in [4.69, 9.17) is 0 Å². The standard InChI is InChI=1S/C17H16FN3/c1-21-9-14(13-3-2-4-16(18)15(13)10-21)11-5-6-17-12(7-11)8-19-20-17/h2-8,14H,9-10H2,1H3,(H,19,20). The lowest BCUT2D eigenvalue weighted by Gasteiger charge is -2.32. The van der Waals surface area contributed by atoms with Gasteiger partial charge in [0.15, 0.2) is 0 Å². The number of rotatable bonds is 1. The monoisotopic (exact) mass is 281 g/mol. The lowest BCUT2D eigenvalue weighted by Crippen LogP contribution is -2.31. The summed E-state index contributed by atoms with van der Waals surface area (Å²) in [6, 6.07) is 11.7. The van der Waals surface area contributed by atoms with Gasteiger partial charge in [-0.05, 0) is 36.4 Å². The van der Waals surface area contributed by atoms with Crippen molar-refractivity contribution >= 4 is 10.9 Å². The normalized spacial score (nSPS) is 18.9. The summed E-state index contributed by atoms with van der Waals surface area (Å²) in [6.45, 7) is 1.58. The molecule has 3 aromatic rings. The van der Waals surface area contributed by atoms with Crippen LogP contribution in [0.15, 0.2) is 42.6 Å². The molecule has 1 aliphatic rings. The Morgan fingerprint density at radius 2 is 2.19 bits per heavy atom. The number of hydrogen-bond donors (Lipinski definition) is 1. The molecule has 1 aliphatic heterocycles. The molecule has 0 bridgehead atoms. The van der Waals surface area contributed by atoms with Crippen LogP contribution in [0.25, 0.3) is 10.9 Å². The molecule has 0 saturated carbocycles. The largest absolute Gasteiger partial charge is 0.301 e. The zero-order chi connectivity index (χ0) is 14.4. The van der Waals surface area contributed by atoms with E-state index in [1.165, 1.54) is 5.56 Å². The summed E-state index contributed by atoms with van der Waals surface area (Å²) in [4.78, 5) is 2.18. The number of aromatic amines is 1. The molecule has 1 atom stereocenters. The first kappa shape index (κ1) is 12.5. The summed E-state index contributed by atoms with van der Waals surface area (Å²) in [6.07, 6.45) is 1.83. The van der Waals surface area contributed by atoms with Gasteiger partial charge in [0.25, 0.3) is 0 Å². The zero-order valence-electron chi connectivity index (χ0n) is 11.8. The molecule has 0 fully saturated rings. The number of likely N-dealkylation sites (N-methyl/N-ethyl adjacent to an activating group) is 1. The highest BCUT2D eigenvalue weighted by molar-refractivity contribution is 5.78. The number of fused-ring (bicyclic) bond motifs is 2. The Morgan fingerprint density at radius 1 is 1.29 bits per heavy atom. The van der Waals surface area contributed by atoms with Crippen molar-refractivity contribution in [1.29, 1.82) is 0 Å². The van der Waals surface area contributed by atoms with E-state index in [9.17, 15) is 4.39 Å². The van der Waals surface area contributed by atoms with Crippen LogP contribution in [0.3, 0.4) is 0 Å². The van der Waals surface area contributed by atoms with Gasteiger partial charge in [-0.25, -0.2) is 4.39 Å². The van der Waals surface area contributed by atoms with Gasteiger partial charge in [-0.15, -0.1) is 0 Å². The van der Waals surface area contributed by atoms with Gasteiger partial charge in [0.2, 0.25) is 0 Å². The Balaban J connectivity index is 1.86. The van der Waals surface area contributed by atoms with Crippen LogP contribution in [0.1, 0.15) is 22.6 Å². The number of aromatic nitrogens is 2. The average Bonchev–Trinajstić information content (AvgIpc) is 2.95. The van der Waals surface area contributed by atoms with Crippen LogP contribution in [0.4, 0.5) is 4.39 Å². The Morgan fingerprint density at radius 3 is 3.10 bits per heavy atom. The average molecular weight is 281 g/mol. The van der Waals surface area contributed by atoms with Crippen molar-refractivity contribution in [3.63, 3.8) is 0 Å². The number of nitrogens with zero attached hydrogens (tertiary/aromatic N) is 2. The minimum Gasteiger partial charge on any atom is -0.301 e. The van der Waals surface area contributed by atoms with Crippen LogP contribution in [-0.4, -0.2) is 28.7 Å². The van der Waals surface area contributed by atoms with Crippen LogP contribution in [0.5, 0.6) is 0 Å². The van der Waals surface area contributed by atoms with Crippen molar-refractivity contribution in [2.75, 3.05) is 13.6 Å². The lowest BCUT2D eigenvalue weighted by atomic mass is 9.84. The second-order valence-electron chi connectivity index (χ2n) is 5.77. The third-order valence-corrected chi connectivity index (χ3v) is 4.32. The molecule has 0 radical (unpaired) electrons. The third-order valence-electron chi connectivity index (χ3n) is 4.32. The molecule has 21 heavy (non-hydrogen) atoms. The molecule has 4 heteroatoms. The number of halogens is 1. The summed E-state index contributed by atoms with van der Waals surface area (Å²) in [5, 5.41) is 8.13. The zero-order valence-corrected chi connectivity index (χ0v) is 11.8. The van der Waals surface area contributed by atoms with E-state index in [2.05, 4.69) is 33.3 Å². The Bertz CT molecular complexity index is 809. The predicted octanol–water partition coefficient (Wildman–Crippen LogP) is 3.28. The van der Waals surface area contributed by atoms with Gasteiger partial charge < -0.3 is 4.90 Å². The van der Waals surface area contributed by atoms with E-state index in [1.54, 1.807) is 6.07 Å². The van der Waals surface area contributed by atoms with Gasteiger partial charge in [-0.3, -0.25) is 5.10 Å². The van der Waals surface area contributed by atoms with Crippen molar-refractivity contribution in [1.82, 2.24) is 15.1 Å². The van der Waals surface area contributed by atoms with E-state index >= 15 is 0 Å². The number of nitrogens with one attached hydrogen (secondary N) is 1. The van der Waals surface area contributed by atoms with Gasteiger partial charge in [0, 0.05) is 30.0 Å². The number of hydrogen-bond acceptors (Lipinski definition) is 2. The molecule has 0 amide bonds. The summed E-state index contributed by atoms with van der Waals surface area (Å²) < 4.78 is 14.1. The fourth-order valence-electron chi connectivity index (χ4n) is 3.28. The highest BCUT2D eigenvalue weighted by atomic mass is 19.1. The van der Waals surface area contributed by atoms with Gasteiger partial charge in [-0.1, -0.05) is 18.2 Å². The Labute approximate surface area is 122 Å². The molecule has 0 aliphatic carbocycles. The first-order chi connectivity index (χ1) is 10.2. The first-order valence-electron chi connectivity index (χ1n) is 7.11. The summed E-state index contributed by atoms with van der Waals surface area (Å²) >= 11 is 0. The van der Waals surface area contributed by atoms with Gasteiger partial charge >= 0.3 is 0 Å². The van der Waals surface area contributed by atoms with E-state index < -0.39 is 0 Å². The van der Waals surface area contributed by atoms with Crippen molar-refractivity contribution in [2.24, 2.45) is 0 Å². The highest BCUT2D eigenvalue weighted by Crippen LogP contribution is 2.35. The predicted molar refractivity (Wildman–Crippen MR) is 80.7 cm³/mol. The molecule has 3 nitrogen and oxygen atoms in total. The summed E-state index contributed by atoms with van der Waals surface area (Å²) in [5.41, 5.74) is 4.17. The van der Waals surface area contributed by atoms with Crippen LogP contribution in [0.2, 0.25) is 0 Å². The third kappa shape index (κ3) is 2.03. The smallest absolute Gasteiger partial charge is 0.127 e. The highest BCUT2D eigenvalue weighted by Gasteiger charge is 2.26. The first-order valence-corrected chi connectivity index (χ1v) is 7.11. The molecule has 0 saturated heterocycles. The van der Waals surface area contributed by atoms with Crippen LogP contribution >= 0.6 is 0 Å². The molecule has 1 unspecified atom stereocenters. The van der Waals surface area contributed by atoms with Crippen LogP contribution < -0.4 is 0 Å². The maximum absolute atomic E-state index is 14.1. The van der Waals surface area contributed by atoms with Crippen LogP contribution in [-0.2, 0) is 6.54 Å². The van der Waals surface area contributed by atoms with Crippen molar-refractivity contribution < 1.29 is 4.39 Å². The maximum atomic E-state index is 14.1. The second-order valence-corrected chi connectivity index (χ2v) is 5.77. The molecule has 106 valence electrons. The SMILES string of the molecule is CN1Cc2c(F)cccc2C(c2ccc3[nH]ncc3c2)C1. The van der Waals surface area contributed by atoms with Crippen molar-refractivity contribution in [2.45, 2.75) is 12.5 Å². The fourth-order valence-corrected chi connectivity index (χ4v) is 3.28. The number of benzene rings is 2. The van der Waals surface area contributed by atoms with E-state index in [0.717, 1.165) is 28.6 Å². The van der Waals surface area contributed by atoms with Gasteiger partial charge in [0.1, 0.15) is 5.82 Å².